The molecule has 0 atom stereocenters. The summed E-state index contributed by atoms with van der Waals surface area (Å²) in [5, 5.41) is 0. The van der Waals surface area contributed by atoms with Gasteiger partial charge in [-0.25, -0.2) is 0 Å². The summed E-state index contributed by atoms with van der Waals surface area (Å²) in [6.07, 6.45) is 6.63. The van der Waals surface area contributed by atoms with Crippen molar-refractivity contribution in [3.05, 3.63) is 0 Å². The Labute approximate surface area is 110 Å². The molecule has 0 bridgehead atoms. The highest BCUT2D eigenvalue weighted by atomic mass is 16.5. The first-order valence-corrected chi connectivity index (χ1v) is 7.01. The molecule has 1 saturated carbocycles. The lowest BCUT2D eigenvalue weighted by Gasteiger charge is -2.20. The van der Waals surface area contributed by atoms with Crippen molar-refractivity contribution in [2.24, 2.45) is 5.92 Å². The van der Waals surface area contributed by atoms with Crippen molar-refractivity contribution >= 4 is 5.78 Å². The average Bonchev–Trinajstić information content (AvgIpc) is 2.42. The molecule has 1 aliphatic carbocycles. The lowest BCUT2D eigenvalue weighted by Crippen LogP contribution is -2.22. The van der Waals surface area contributed by atoms with Crippen LogP contribution in [0.5, 0.6) is 0 Å². The van der Waals surface area contributed by atoms with E-state index in [1.165, 1.54) is 19.3 Å². The van der Waals surface area contributed by atoms with Crippen LogP contribution < -0.4 is 0 Å². The van der Waals surface area contributed by atoms with Crippen LogP contribution in [0.4, 0.5) is 0 Å². The summed E-state index contributed by atoms with van der Waals surface area (Å²) >= 11 is 0. The molecule has 0 aromatic rings. The van der Waals surface area contributed by atoms with Crippen molar-refractivity contribution in [3.8, 4) is 0 Å². The summed E-state index contributed by atoms with van der Waals surface area (Å²) in [4.78, 5) is 11.8. The third-order valence-electron chi connectivity index (χ3n) is 3.31. The molecule has 1 aliphatic rings. The van der Waals surface area contributed by atoms with E-state index < -0.39 is 0 Å². The minimum absolute atomic E-state index is 0.261. The fourth-order valence-electron chi connectivity index (χ4n) is 2.22. The first kappa shape index (κ1) is 15.6. The Hall–Kier alpha value is -0.450. The molecular formula is C14H26O4. The standard InChI is InChI=1S/C14H26O4/c1-16-10-11-17-8-5-9-18-12-14(15)13-6-3-2-4-7-13/h13H,2-12H2,1H3. The molecule has 0 aromatic carbocycles. The molecule has 1 rings (SSSR count). The second-order valence-corrected chi connectivity index (χ2v) is 4.81. The summed E-state index contributed by atoms with van der Waals surface area (Å²) in [5.74, 6) is 0.548. The largest absolute Gasteiger partial charge is 0.382 e. The Morgan fingerprint density at radius 2 is 1.72 bits per heavy atom. The lowest BCUT2D eigenvalue weighted by molar-refractivity contribution is -0.128. The second kappa shape index (κ2) is 10.5. The van der Waals surface area contributed by atoms with Crippen LogP contribution in [-0.2, 0) is 19.0 Å². The maximum atomic E-state index is 11.8. The Balaban J connectivity index is 1.89. The molecule has 0 radical (unpaired) electrons. The van der Waals surface area contributed by atoms with Gasteiger partial charge in [0.2, 0.25) is 0 Å². The molecule has 0 saturated heterocycles. The maximum absolute atomic E-state index is 11.8. The number of ketones is 1. The highest BCUT2D eigenvalue weighted by molar-refractivity contribution is 5.82. The van der Waals surface area contributed by atoms with E-state index in [-0.39, 0.29) is 18.3 Å². The molecule has 4 nitrogen and oxygen atoms in total. The van der Waals surface area contributed by atoms with Gasteiger partial charge in [0.05, 0.1) is 13.2 Å². The van der Waals surface area contributed by atoms with Crippen LogP contribution in [0.3, 0.4) is 0 Å². The van der Waals surface area contributed by atoms with Crippen LogP contribution in [0.2, 0.25) is 0 Å². The number of methoxy groups -OCH3 is 1. The Morgan fingerprint density at radius 1 is 1.00 bits per heavy atom. The molecule has 0 unspecified atom stereocenters. The second-order valence-electron chi connectivity index (χ2n) is 4.81. The van der Waals surface area contributed by atoms with Crippen LogP contribution in [0, 0.1) is 5.92 Å². The van der Waals surface area contributed by atoms with E-state index in [0.29, 0.717) is 26.4 Å². The van der Waals surface area contributed by atoms with E-state index in [4.69, 9.17) is 14.2 Å². The first-order valence-electron chi connectivity index (χ1n) is 7.01. The molecule has 0 N–H and O–H groups in total. The number of carbonyl (C=O) groups is 1. The van der Waals surface area contributed by atoms with Crippen LogP contribution in [-0.4, -0.2) is 45.9 Å². The van der Waals surface area contributed by atoms with Crippen molar-refractivity contribution < 1.29 is 19.0 Å². The maximum Gasteiger partial charge on any atom is 0.161 e. The number of ether oxygens (including phenoxy) is 3. The molecule has 18 heavy (non-hydrogen) atoms. The van der Waals surface area contributed by atoms with Gasteiger partial charge in [-0.05, 0) is 19.3 Å². The summed E-state index contributed by atoms with van der Waals surface area (Å²) in [6, 6.07) is 0. The van der Waals surface area contributed by atoms with Crippen molar-refractivity contribution in [1.82, 2.24) is 0 Å². The molecule has 0 amide bonds. The fourth-order valence-corrected chi connectivity index (χ4v) is 2.22. The van der Waals surface area contributed by atoms with Gasteiger partial charge in [0.25, 0.3) is 0 Å². The quantitative estimate of drug-likeness (QED) is 0.564. The predicted octanol–water partition coefficient (Wildman–Crippen LogP) is 2.21. The summed E-state index contributed by atoms with van der Waals surface area (Å²) in [7, 11) is 1.66. The lowest BCUT2D eigenvalue weighted by atomic mass is 9.86. The molecule has 4 heteroatoms. The Kier molecular flexibility index (Phi) is 9.08. The number of carbonyl (C=O) groups excluding carboxylic acids is 1. The van der Waals surface area contributed by atoms with E-state index in [0.717, 1.165) is 19.3 Å². The van der Waals surface area contributed by atoms with Crippen LogP contribution in [0.15, 0.2) is 0 Å². The van der Waals surface area contributed by atoms with Crippen molar-refractivity contribution in [2.45, 2.75) is 38.5 Å². The van der Waals surface area contributed by atoms with E-state index in [1.807, 2.05) is 0 Å². The van der Waals surface area contributed by atoms with Crippen molar-refractivity contribution in [3.63, 3.8) is 0 Å². The number of Topliss-reactive ketones (excluding diaryl/α,β-unsaturated/α-hetero) is 1. The first-order chi connectivity index (χ1) is 8.84. The van der Waals surface area contributed by atoms with Crippen molar-refractivity contribution in [1.29, 1.82) is 0 Å². The summed E-state index contributed by atoms with van der Waals surface area (Å²) in [6.45, 7) is 2.80. The minimum Gasteiger partial charge on any atom is -0.382 e. The molecular weight excluding hydrogens is 232 g/mol. The van der Waals surface area contributed by atoms with Gasteiger partial charge < -0.3 is 14.2 Å². The fraction of sp³-hybridized carbons (Fsp3) is 0.929. The summed E-state index contributed by atoms with van der Waals surface area (Å²) < 4.78 is 15.6. The van der Waals surface area contributed by atoms with Gasteiger partial charge in [0.15, 0.2) is 5.78 Å². The predicted molar refractivity (Wildman–Crippen MR) is 69.7 cm³/mol. The average molecular weight is 258 g/mol. The zero-order valence-corrected chi connectivity index (χ0v) is 11.5. The van der Waals surface area contributed by atoms with Gasteiger partial charge in [-0.1, -0.05) is 19.3 Å². The number of hydrogen-bond donors (Lipinski definition) is 0. The van der Waals surface area contributed by atoms with Gasteiger partial charge in [0, 0.05) is 26.2 Å². The molecule has 0 spiro atoms. The molecule has 1 fully saturated rings. The minimum atomic E-state index is 0.261. The van der Waals surface area contributed by atoms with Crippen LogP contribution in [0.1, 0.15) is 38.5 Å². The smallest absolute Gasteiger partial charge is 0.161 e. The topological polar surface area (TPSA) is 44.8 Å². The monoisotopic (exact) mass is 258 g/mol. The van der Waals surface area contributed by atoms with Crippen LogP contribution >= 0.6 is 0 Å². The molecule has 0 aliphatic heterocycles. The molecule has 106 valence electrons. The SMILES string of the molecule is COCCOCCCOCC(=O)C1CCCCC1. The number of hydrogen-bond acceptors (Lipinski definition) is 4. The zero-order chi connectivity index (χ0) is 13.1. The molecule has 0 aromatic heterocycles. The highest BCUT2D eigenvalue weighted by Crippen LogP contribution is 2.24. The Bertz CT molecular complexity index is 212. The van der Waals surface area contributed by atoms with Gasteiger partial charge in [-0.15, -0.1) is 0 Å². The van der Waals surface area contributed by atoms with Gasteiger partial charge in [-0.3, -0.25) is 4.79 Å². The van der Waals surface area contributed by atoms with Crippen LogP contribution in [0.25, 0.3) is 0 Å². The summed E-state index contributed by atoms with van der Waals surface area (Å²) in [5.41, 5.74) is 0. The van der Waals surface area contributed by atoms with E-state index in [2.05, 4.69) is 0 Å². The van der Waals surface area contributed by atoms with Gasteiger partial charge in [-0.2, -0.15) is 0 Å². The van der Waals surface area contributed by atoms with Gasteiger partial charge >= 0.3 is 0 Å². The Morgan fingerprint density at radius 3 is 2.44 bits per heavy atom. The van der Waals surface area contributed by atoms with E-state index >= 15 is 0 Å². The van der Waals surface area contributed by atoms with Gasteiger partial charge in [0.1, 0.15) is 6.61 Å². The van der Waals surface area contributed by atoms with Crippen molar-refractivity contribution in [2.75, 3.05) is 40.1 Å². The normalized spacial score (nSPS) is 16.9. The third-order valence-corrected chi connectivity index (χ3v) is 3.31. The van der Waals surface area contributed by atoms with E-state index in [9.17, 15) is 4.79 Å². The number of rotatable bonds is 10. The molecule has 0 heterocycles. The van der Waals surface area contributed by atoms with E-state index in [1.54, 1.807) is 7.11 Å². The third kappa shape index (κ3) is 7.09. The highest BCUT2D eigenvalue weighted by Gasteiger charge is 2.20. The zero-order valence-electron chi connectivity index (χ0n) is 11.5.